The zero-order valence-corrected chi connectivity index (χ0v) is 52.5. The van der Waals surface area contributed by atoms with E-state index >= 15 is 0 Å². The molecule has 15 heteroatoms. The number of alkyl halides is 2. The lowest BCUT2D eigenvalue weighted by Crippen LogP contribution is -2.37. The van der Waals surface area contributed by atoms with Crippen LogP contribution in [0.1, 0.15) is 122 Å². The Morgan fingerprint density at radius 1 is 0.440 bits per heavy atom. The van der Waals surface area contributed by atoms with Crippen molar-refractivity contribution >= 4 is 5.82 Å². The van der Waals surface area contributed by atoms with E-state index in [0.717, 1.165) is 76.0 Å². The summed E-state index contributed by atoms with van der Waals surface area (Å²) in [5.41, 5.74) is 17.0. The first kappa shape index (κ1) is 69.8. The molecule has 10 heterocycles. The number of anilines is 1. The van der Waals surface area contributed by atoms with Crippen LogP contribution in [0.4, 0.5) is 19.0 Å². The Balaban J connectivity index is 0.000000249. The third kappa shape index (κ3) is 27.1. The number of pyridine rings is 9. The predicted molar refractivity (Wildman–Crippen MR) is 336 cm³/mol. The SMILES string of the molecule is COc1ccc(C(C)(F)F)cn1.COc1cccnc1C.Cc1ccc(C2CC2)nc1C.Cc1ccc(F)nc1C.Cc1ccc(N2CCC2)nc1C.Cc1ccccn1.Cc1cccnc1C.Cc1cccnc1C.Cc1cccnc1C. The highest BCUT2D eigenvalue weighted by atomic mass is 19.3. The molecule has 9 aromatic rings. The molecule has 0 atom stereocenters. The molecule has 11 rings (SSSR count). The average Bonchev–Trinajstić information content (AvgIpc) is 4.36. The Morgan fingerprint density at radius 3 is 1.21 bits per heavy atom. The highest BCUT2D eigenvalue weighted by Crippen LogP contribution is 2.39. The predicted octanol–water partition coefficient (Wildman–Crippen LogP) is 16.4. The maximum atomic E-state index is 12.6. The summed E-state index contributed by atoms with van der Waals surface area (Å²) in [6.07, 6.45) is 14.1. The maximum Gasteiger partial charge on any atom is 0.272 e. The largest absolute Gasteiger partial charge is 0.495 e. The molecular formula is C69H87F3N10O2. The quantitative estimate of drug-likeness (QED) is 0.152. The Hall–Kier alpha value is -8.46. The number of rotatable bonds is 5. The van der Waals surface area contributed by atoms with Gasteiger partial charge in [0.05, 0.1) is 19.9 Å². The fourth-order valence-electron chi connectivity index (χ4n) is 6.78. The van der Waals surface area contributed by atoms with Crippen LogP contribution in [0.5, 0.6) is 11.6 Å². The lowest BCUT2D eigenvalue weighted by Gasteiger charge is -2.32. The lowest BCUT2D eigenvalue weighted by atomic mass is 10.2. The molecule has 0 N–H and O–H groups in total. The van der Waals surface area contributed by atoms with Gasteiger partial charge in [-0.2, -0.15) is 4.39 Å². The molecule has 12 nitrogen and oxygen atoms in total. The highest BCUT2D eigenvalue weighted by molar-refractivity contribution is 5.43. The Kier molecular flexibility index (Phi) is 30.7. The third-order valence-corrected chi connectivity index (χ3v) is 13.5. The minimum atomic E-state index is -2.83. The zero-order chi connectivity index (χ0) is 62.2. The molecule has 1 saturated heterocycles. The van der Waals surface area contributed by atoms with Crippen LogP contribution in [0.2, 0.25) is 0 Å². The summed E-state index contributed by atoms with van der Waals surface area (Å²) < 4.78 is 47.2. The Bertz CT molecular complexity index is 3150. The van der Waals surface area contributed by atoms with Crippen LogP contribution < -0.4 is 14.4 Å². The number of aryl methyl sites for hydroxylation is 14. The monoisotopic (exact) mass is 1140 g/mol. The molecule has 1 saturated carbocycles. The molecule has 9 aromatic heterocycles. The summed E-state index contributed by atoms with van der Waals surface area (Å²) in [4.78, 5) is 38.9. The van der Waals surface area contributed by atoms with Crippen LogP contribution in [0.25, 0.3) is 0 Å². The second-order valence-electron chi connectivity index (χ2n) is 20.3. The van der Waals surface area contributed by atoms with Gasteiger partial charge in [0.25, 0.3) is 5.92 Å². The smallest absolute Gasteiger partial charge is 0.272 e. The van der Waals surface area contributed by atoms with E-state index in [-0.39, 0.29) is 5.56 Å². The van der Waals surface area contributed by atoms with E-state index in [1.165, 1.54) is 96.9 Å². The first-order valence-corrected chi connectivity index (χ1v) is 28.0. The number of nitrogens with zero attached hydrogens (tertiary/aromatic N) is 10. The Labute approximate surface area is 498 Å². The van der Waals surface area contributed by atoms with Gasteiger partial charge in [-0.15, -0.1) is 0 Å². The molecule has 0 bridgehead atoms. The maximum absolute atomic E-state index is 12.6. The number of ether oxygens (including phenoxy) is 2. The summed E-state index contributed by atoms with van der Waals surface area (Å²) in [5, 5.41) is 0. The summed E-state index contributed by atoms with van der Waals surface area (Å²) in [6, 6.07) is 36.0. The molecule has 0 aromatic carbocycles. The second-order valence-corrected chi connectivity index (χ2v) is 20.3. The summed E-state index contributed by atoms with van der Waals surface area (Å²) in [5.74, 6) is -0.128. The molecule has 0 unspecified atom stereocenters. The van der Waals surface area contributed by atoms with Gasteiger partial charge >= 0.3 is 0 Å². The van der Waals surface area contributed by atoms with Crippen LogP contribution >= 0.6 is 0 Å². The van der Waals surface area contributed by atoms with Gasteiger partial charge in [-0.1, -0.05) is 42.5 Å². The fourth-order valence-corrected chi connectivity index (χ4v) is 6.78. The second kappa shape index (κ2) is 36.9. The number of hydrogen-bond donors (Lipinski definition) is 0. The van der Waals surface area contributed by atoms with Gasteiger partial charge in [-0.25, -0.2) is 23.7 Å². The number of aromatic nitrogens is 9. The number of hydrogen-bond acceptors (Lipinski definition) is 12. The molecule has 84 heavy (non-hydrogen) atoms. The molecule has 0 radical (unpaired) electrons. The van der Waals surface area contributed by atoms with Gasteiger partial charge in [0.2, 0.25) is 11.8 Å². The summed E-state index contributed by atoms with van der Waals surface area (Å²) in [6.45, 7) is 31.3. The van der Waals surface area contributed by atoms with Crippen LogP contribution in [0, 0.1) is 103 Å². The van der Waals surface area contributed by atoms with E-state index in [9.17, 15) is 13.2 Å². The first-order valence-electron chi connectivity index (χ1n) is 28.0. The van der Waals surface area contributed by atoms with Crippen molar-refractivity contribution in [3.8, 4) is 11.6 Å². The molecule has 0 amide bonds. The third-order valence-electron chi connectivity index (χ3n) is 13.5. The van der Waals surface area contributed by atoms with Crippen molar-refractivity contribution in [1.29, 1.82) is 0 Å². The van der Waals surface area contributed by atoms with E-state index in [1.807, 2.05) is 109 Å². The van der Waals surface area contributed by atoms with Crippen molar-refractivity contribution < 1.29 is 22.6 Å². The van der Waals surface area contributed by atoms with Gasteiger partial charge in [0.15, 0.2) is 0 Å². The molecule has 1 aliphatic heterocycles. The van der Waals surface area contributed by atoms with Gasteiger partial charge < -0.3 is 14.4 Å². The van der Waals surface area contributed by atoms with E-state index < -0.39 is 11.9 Å². The van der Waals surface area contributed by atoms with Crippen molar-refractivity contribution in [2.24, 2.45) is 0 Å². The van der Waals surface area contributed by atoms with Crippen LogP contribution in [-0.2, 0) is 5.92 Å². The number of methoxy groups -OCH3 is 2. The van der Waals surface area contributed by atoms with E-state index in [0.29, 0.717) is 5.88 Å². The van der Waals surface area contributed by atoms with Gasteiger partial charge in [-0.05, 0) is 216 Å². The van der Waals surface area contributed by atoms with E-state index in [1.54, 1.807) is 32.5 Å². The van der Waals surface area contributed by atoms with Crippen LogP contribution in [0.15, 0.2) is 152 Å². The highest BCUT2D eigenvalue weighted by Gasteiger charge is 2.25. The minimum Gasteiger partial charge on any atom is -0.495 e. The van der Waals surface area contributed by atoms with E-state index in [4.69, 9.17) is 9.47 Å². The van der Waals surface area contributed by atoms with Gasteiger partial charge in [0, 0.05) is 120 Å². The average molecular weight is 1150 g/mol. The molecule has 446 valence electrons. The van der Waals surface area contributed by atoms with Crippen molar-refractivity contribution in [1.82, 2.24) is 44.9 Å². The standard InChI is InChI=1S/C10H14N2.C10H13N.C8H9F2NO.C7H8FN.C7H9NO.3C7H9N.C6H7N/c1-8-4-5-10(11-9(8)2)12-6-3-7-12;1-7-3-6-10(9-4-5-9)11-8(7)2;1-8(9,10)6-3-4-7(12-2)11-5-6;1-5-3-4-7(8)9-6(5)2;1-6-7(9-2)4-3-5-8-6;3*1-6-4-3-5-8-7(6)2;1-6-4-2-3-5-7-6/h4-5H,3,6-7H2,1-2H3;3,6,9H,4-5H2,1-2H3;3-5H,1-2H3;3-4H,1-2H3;3-5H,1-2H3;3*3-5H,1-2H3;2-5H,1H3. The Morgan fingerprint density at radius 2 is 0.905 bits per heavy atom. The molecule has 0 spiro atoms. The first-order chi connectivity index (χ1) is 39.9. The minimum absolute atomic E-state index is 0.108. The van der Waals surface area contributed by atoms with Crippen molar-refractivity contribution in [2.45, 2.75) is 135 Å². The molecular weight excluding hydrogens is 1060 g/mol. The topological polar surface area (TPSA) is 138 Å². The van der Waals surface area contributed by atoms with Gasteiger partial charge in [-0.3, -0.25) is 29.9 Å². The molecule has 1 aliphatic carbocycles. The van der Waals surface area contributed by atoms with Crippen molar-refractivity contribution in [3.05, 3.63) is 249 Å². The molecule has 2 fully saturated rings. The van der Waals surface area contributed by atoms with Crippen LogP contribution in [0.3, 0.4) is 0 Å². The van der Waals surface area contributed by atoms with Crippen molar-refractivity contribution in [3.63, 3.8) is 0 Å². The van der Waals surface area contributed by atoms with Crippen LogP contribution in [-0.4, -0.2) is 72.2 Å². The molecule has 2 aliphatic rings. The fraction of sp³-hybridized carbons (Fsp3) is 0.348. The van der Waals surface area contributed by atoms with E-state index in [2.05, 4.69) is 141 Å². The van der Waals surface area contributed by atoms with Gasteiger partial charge in [0.1, 0.15) is 11.6 Å². The summed E-state index contributed by atoms with van der Waals surface area (Å²) >= 11 is 0. The lowest BCUT2D eigenvalue weighted by molar-refractivity contribution is 0.0170. The van der Waals surface area contributed by atoms with Crippen molar-refractivity contribution in [2.75, 3.05) is 32.2 Å². The number of halogens is 3. The summed E-state index contributed by atoms with van der Waals surface area (Å²) in [7, 11) is 3.08. The zero-order valence-electron chi connectivity index (χ0n) is 52.5. The normalized spacial score (nSPS) is 11.5.